The number of hydrogen-bond donors (Lipinski definition) is 1. The molecule has 1 N–H and O–H groups in total. The SMILES string of the molecule is CC(C)(C)OC(=O)NC12CC(OC=O)(C1)C2. The quantitative estimate of drug-likeness (QED) is 0.739. The van der Waals surface area contributed by atoms with Crippen LogP contribution in [0.5, 0.6) is 0 Å². The van der Waals surface area contributed by atoms with Gasteiger partial charge in [0.15, 0.2) is 0 Å². The molecule has 0 aromatic rings. The van der Waals surface area contributed by atoms with Gasteiger partial charge in [0, 0.05) is 19.3 Å². The molecule has 0 aliphatic heterocycles. The van der Waals surface area contributed by atoms with Crippen molar-refractivity contribution in [2.45, 2.75) is 56.8 Å². The van der Waals surface area contributed by atoms with Gasteiger partial charge in [0.25, 0.3) is 6.47 Å². The van der Waals surface area contributed by atoms with Crippen LogP contribution in [0.4, 0.5) is 4.79 Å². The summed E-state index contributed by atoms with van der Waals surface area (Å²) in [5.74, 6) is 0. The van der Waals surface area contributed by atoms with E-state index in [9.17, 15) is 9.59 Å². The number of alkyl carbamates (subject to hydrolysis) is 1. The highest BCUT2D eigenvalue weighted by atomic mass is 16.6. The Bertz CT molecular complexity index is 312. The minimum Gasteiger partial charge on any atom is -0.461 e. The van der Waals surface area contributed by atoms with Gasteiger partial charge in [-0.1, -0.05) is 0 Å². The smallest absolute Gasteiger partial charge is 0.408 e. The maximum absolute atomic E-state index is 11.5. The summed E-state index contributed by atoms with van der Waals surface area (Å²) in [5.41, 5.74) is -0.966. The summed E-state index contributed by atoms with van der Waals surface area (Å²) < 4.78 is 10.1. The molecule has 3 fully saturated rings. The molecule has 0 aromatic heterocycles. The zero-order chi connectivity index (χ0) is 12.0. The van der Waals surface area contributed by atoms with Crippen LogP contribution in [-0.4, -0.2) is 29.3 Å². The Morgan fingerprint density at radius 3 is 2.31 bits per heavy atom. The molecule has 5 nitrogen and oxygen atoms in total. The number of rotatable bonds is 3. The second kappa shape index (κ2) is 3.12. The zero-order valence-electron chi connectivity index (χ0n) is 9.83. The Kier molecular flexibility index (Phi) is 2.19. The number of carbonyl (C=O) groups is 2. The lowest BCUT2D eigenvalue weighted by Gasteiger charge is -2.67. The Labute approximate surface area is 94.5 Å². The van der Waals surface area contributed by atoms with E-state index < -0.39 is 11.7 Å². The van der Waals surface area contributed by atoms with Gasteiger partial charge < -0.3 is 14.8 Å². The normalized spacial score (nSPS) is 35.4. The highest BCUT2D eigenvalue weighted by Crippen LogP contribution is 2.62. The first-order chi connectivity index (χ1) is 7.28. The molecule has 1 amide bonds. The van der Waals surface area contributed by atoms with Crippen LogP contribution in [0.1, 0.15) is 40.0 Å². The fraction of sp³-hybridized carbons (Fsp3) is 0.818. The molecule has 0 saturated heterocycles. The average Bonchev–Trinajstić information content (AvgIpc) is 1.94. The molecule has 16 heavy (non-hydrogen) atoms. The van der Waals surface area contributed by atoms with Gasteiger partial charge in [-0.15, -0.1) is 0 Å². The summed E-state index contributed by atoms with van der Waals surface area (Å²) in [6.07, 6.45) is 1.72. The molecule has 90 valence electrons. The predicted molar refractivity (Wildman–Crippen MR) is 55.8 cm³/mol. The van der Waals surface area contributed by atoms with E-state index in [-0.39, 0.29) is 11.1 Å². The van der Waals surface area contributed by atoms with Gasteiger partial charge in [-0.25, -0.2) is 4.79 Å². The molecule has 0 heterocycles. The van der Waals surface area contributed by atoms with Gasteiger partial charge in [-0.3, -0.25) is 4.79 Å². The predicted octanol–water partition coefficient (Wildman–Crippen LogP) is 1.36. The molecule has 3 saturated carbocycles. The van der Waals surface area contributed by atoms with Crippen molar-refractivity contribution in [3.8, 4) is 0 Å². The van der Waals surface area contributed by atoms with Crippen LogP contribution in [-0.2, 0) is 14.3 Å². The van der Waals surface area contributed by atoms with Gasteiger partial charge >= 0.3 is 6.09 Å². The van der Waals surface area contributed by atoms with Crippen LogP contribution < -0.4 is 5.32 Å². The van der Waals surface area contributed by atoms with Crippen LogP contribution >= 0.6 is 0 Å². The van der Waals surface area contributed by atoms with E-state index in [0.717, 1.165) is 0 Å². The van der Waals surface area contributed by atoms with Crippen molar-refractivity contribution in [3.05, 3.63) is 0 Å². The monoisotopic (exact) mass is 227 g/mol. The molecular formula is C11H17NO4. The molecule has 0 spiro atoms. The summed E-state index contributed by atoms with van der Waals surface area (Å²) in [4.78, 5) is 21.7. The zero-order valence-corrected chi connectivity index (χ0v) is 9.83. The third-order valence-corrected chi connectivity index (χ3v) is 3.05. The number of ether oxygens (including phenoxy) is 2. The van der Waals surface area contributed by atoms with Crippen LogP contribution in [0.3, 0.4) is 0 Å². The largest absolute Gasteiger partial charge is 0.461 e. The average molecular weight is 227 g/mol. The first-order valence-electron chi connectivity index (χ1n) is 5.41. The van der Waals surface area contributed by atoms with E-state index in [1.807, 2.05) is 20.8 Å². The number of amides is 1. The summed E-state index contributed by atoms with van der Waals surface area (Å²) in [7, 11) is 0. The second-order valence-corrected chi connectivity index (χ2v) is 5.83. The molecule has 3 rings (SSSR count). The lowest BCUT2D eigenvalue weighted by Crippen LogP contribution is -2.79. The van der Waals surface area contributed by atoms with Gasteiger partial charge in [0.1, 0.15) is 11.2 Å². The number of carbonyl (C=O) groups excluding carboxylic acids is 2. The lowest BCUT2D eigenvalue weighted by atomic mass is 9.46. The number of nitrogens with one attached hydrogen (secondary N) is 1. The van der Waals surface area contributed by atoms with E-state index in [1.54, 1.807) is 0 Å². The van der Waals surface area contributed by atoms with E-state index in [0.29, 0.717) is 25.7 Å². The van der Waals surface area contributed by atoms with Crippen LogP contribution in [0, 0.1) is 0 Å². The van der Waals surface area contributed by atoms with E-state index >= 15 is 0 Å². The Hall–Kier alpha value is -1.26. The molecule has 0 atom stereocenters. The Balaban J connectivity index is 1.78. The first-order valence-corrected chi connectivity index (χ1v) is 5.41. The number of hydrogen-bond acceptors (Lipinski definition) is 4. The van der Waals surface area contributed by atoms with Crippen LogP contribution in [0.25, 0.3) is 0 Å². The van der Waals surface area contributed by atoms with Crippen molar-refractivity contribution in [1.82, 2.24) is 5.32 Å². The van der Waals surface area contributed by atoms with Gasteiger partial charge in [-0.05, 0) is 20.8 Å². The minimum atomic E-state index is -0.482. The lowest BCUT2D eigenvalue weighted by molar-refractivity contribution is -0.231. The summed E-state index contributed by atoms with van der Waals surface area (Å²) in [6, 6.07) is 0. The maximum Gasteiger partial charge on any atom is 0.408 e. The molecule has 2 bridgehead atoms. The summed E-state index contributed by atoms with van der Waals surface area (Å²) in [5, 5.41) is 2.84. The van der Waals surface area contributed by atoms with Crippen molar-refractivity contribution in [3.63, 3.8) is 0 Å². The molecule has 3 aliphatic carbocycles. The van der Waals surface area contributed by atoms with Gasteiger partial charge in [-0.2, -0.15) is 0 Å². The Morgan fingerprint density at radius 1 is 1.31 bits per heavy atom. The van der Waals surface area contributed by atoms with Gasteiger partial charge in [0.2, 0.25) is 0 Å². The first kappa shape index (κ1) is 11.2. The van der Waals surface area contributed by atoms with Crippen molar-refractivity contribution < 1.29 is 19.1 Å². The standard InChI is InChI=1S/C11H17NO4/c1-9(2,3)16-8(14)12-10-4-11(5-10,6-10)15-7-13/h7H,4-6H2,1-3H3,(H,12,14). The van der Waals surface area contributed by atoms with Crippen LogP contribution in [0.2, 0.25) is 0 Å². The molecule has 0 unspecified atom stereocenters. The third-order valence-electron chi connectivity index (χ3n) is 3.05. The van der Waals surface area contributed by atoms with Crippen molar-refractivity contribution >= 4 is 12.6 Å². The van der Waals surface area contributed by atoms with Crippen LogP contribution in [0.15, 0.2) is 0 Å². The second-order valence-electron chi connectivity index (χ2n) is 5.83. The Morgan fingerprint density at radius 2 is 1.88 bits per heavy atom. The fourth-order valence-electron chi connectivity index (χ4n) is 2.57. The molecule has 0 radical (unpaired) electrons. The maximum atomic E-state index is 11.5. The molecule has 3 aliphatic rings. The summed E-state index contributed by atoms with van der Waals surface area (Å²) >= 11 is 0. The minimum absolute atomic E-state index is 0.189. The third kappa shape index (κ3) is 1.86. The molecular weight excluding hydrogens is 210 g/mol. The topological polar surface area (TPSA) is 64.6 Å². The molecule has 5 heteroatoms. The van der Waals surface area contributed by atoms with Gasteiger partial charge in [0.05, 0.1) is 5.54 Å². The van der Waals surface area contributed by atoms with E-state index in [2.05, 4.69) is 5.32 Å². The van der Waals surface area contributed by atoms with Crippen molar-refractivity contribution in [1.29, 1.82) is 0 Å². The van der Waals surface area contributed by atoms with E-state index in [4.69, 9.17) is 9.47 Å². The van der Waals surface area contributed by atoms with E-state index in [1.165, 1.54) is 0 Å². The van der Waals surface area contributed by atoms with Crippen molar-refractivity contribution in [2.24, 2.45) is 0 Å². The van der Waals surface area contributed by atoms with Crippen molar-refractivity contribution in [2.75, 3.05) is 0 Å². The highest BCUT2D eigenvalue weighted by Gasteiger charge is 2.71. The summed E-state index contributed by atoms with van der Waals surface area (Å²) in [6.45, 7) is 5.96. The highest BCUT2D eigenvalue weighted by molar-refractivity contribution is 5.70. The fourth-order valence-corrected chi connectivity index (χ4v) is 2.57. The molecule has 0 aromatic carbocycles.